The number of esters is 1. The topological polar surface area (TPSA) is 106 Å². The largest absolute Gasteiger partial charge is 0.497 e. The lowest BCUT2D eigenvalue weighted by Crippen LogP contribution is -2.34. The molecule has 0 saturated carbocycles. The van der Waals surface area contributed by atoms with Gasteiger partial charge in [0.25, 0.3) is 11.8 Å². The third-order valence-electron chi connectivity index (χ3n) is 4.38. The molecule has 3 rings (SSSR count). The summed E-state index contributed by atoms with van der Waals surface area (Å²) in [7, 11) is 1.53. The molecule has 0 atom stereocenters. The van der Waals surface area contributed by atoms with Gasteiger partial charge in [-0.2, -0.15) is 5.10 Å². The van der Waals surface area contributed by atoms with Crippen LogP contribution >= 0.6 is 23.2 Å². The normalized spacial score (nSPS) is 10.6. The van der Waals surface area contributed by atoms with E-state index in [1.807, 2.05) is 0 Å². The third kappa shape index (κ3) is 7.06. The Morgan fingerprint density at radius 1 is 0.971 bits per heavy atom. The predicted octanol–water partition coefficient (Wildman–Crippen LogP) is 4.10. The molecule has 0 spiro atoms. The summed E-state index contributed by atoms with van der Waals surface area (Å²) in [5.41, 5.74) is 3.45. The first-order valence-corrected chi connectivity index (χ1v) is 10.6. The number of nitrogens with zero attached hydrogens (tertiary/aromatic N) is 1. The van der Waals surface area contributed by atoms with E-state index in [-0.39, 0.29) is 22.9 Å². The molecule has 0 aliphatic heterocycles. The monoisotopic (exact) mass is 499 g/mol. The van der Waals surface area contributed by atoms with Crippen LogP contribution in [0.25, 0.3) is 0 Å². The van der Waals surface area contributed by atoms with Gasteiger partial charge in [-0.3, -0.25) is 9.59 Å². The number of carbonyl (C=O) groups is 3. The molecule has 2 amide bonds. The van der Waals surface area contributed by atoms with E-state index in [4.69, 9.17) is 32.7 Å². The highest BCUT2D eigenvalue weighted by Gasteiger charge is 2.13. The van der Waals surface area contributed by atoms with Crippen LogP contribution in [0.3, 0.4) is 0 Å². The lowest BCUT2D eigenvalue weighted by molar-refractivity contribution is -0.120. The average Bonchev–Trinajstić information content (AvgIpc) is 2.82. The van der Waals surface area contributed by atoms with Crippen LogP contribution in [-0.4, -0.2) is 37.7 Å². The summed E-state index contributed by atoms with van der Waals surface area (Å²) in [5, 5.41) is 6.93. The van der Waals surface area contributed by atoms with Gasteiger partial charge in [-0.05, 0) is 60.2 Å². The van der Waals surface area contributed by atoms with E-state index in [2.05, 4.69) is 15.8 Å². The van der Waals surface area contributed by atoms with Crippen molar-refractivity contribution in [1.29, 1.82) is 0 Å². The zero-order chi connectivity index (χ0) is 24.5. The molecule has 0 aromatic heterocycles. The molecule has 0 aliphatic carbocycles. The Bertz CT molecular complexity index is 1230. The Morgan fingerprint density at radius 2 is 1.74 bits per heavy atom. The zero-order valence-electron chi connectivity index (χ0n) is 17.9. The molecule has 0 saturated heterocycles. The molecule has 3 aromatic carbocycles. The van der Waals surface area contributed by atoms with Crippen LogP contribution in [0, 0.1) is 0 Å². The van der Waals surface area contributed by atoms with Crippen LogP contribution < -0.4 is 20.2 Å². The van der Waals surface area contributed by atoms with E-state index < -0.39 is 17.8 Å². The van der Waals surface area contributed by atoms with Gasteiger partial charge < -0.3 is 14.8 Å². The van der Waals surface area contributed by atoms with Crippen LogP contribution in [0.1, 0.15) is 26.3 Å². The molecule has 0 fully saturated rings. The van der Waals surface area contributed by atoms with Crippen LogP contribution in [0.4, 0.5) is 0 Å². The molecule has 0 aliphatic rings. The fourth-order valence-electron chi connectivity index (χ4n) is 2.70. The van der Waals surface area contributed by atoms with Crippen LogP contribution in [0.5, 0.6) is 11.5 Å². The van der Waals surface area contributed by atoms with Crippen molar-refractivity contribution in [2.45, 2.75) is 0 Å². The molecule has 3 aromatic rings. The minimum absolute atomic E-state index is 0.175. The third-order valence-corrected chi connectivity index (χ3v) is 4.93. The quantitative estimate of drug-likeness (QED) is 0.210. The van der Waals surface area contributed by atoms with Gasteiger partial charge in [0.15, 0.2) is 0 Å². The van der Waals surface area contributed by atoms with Crippen LogP contribution in [-0.2, 0) is 4.79 Å². The number of nitrogens with one attached hydrogen (secondary N) is 2. The SMILES string of the molecule is COc1ccc(C(=O)NCC(=O)N/N=C/c2cccc(OC(=O)c3ccc(Cl)cc3Cl)c2)cc1. The molecule has 10 heteroatoms. The van der Waals surface area contributed by atoms with E-state index in [9.17, 15) is 14.4 Å². The first-order chi connectivity index (χ1) is 16.4. The van der Waals surface area contributed by atoms with Gasteiger partial charge in [-0.25, -0.2) is 10.2 Å². The number of rotatable bonds is 8. The second-order valence-electron chi connectivity index (χ2n) is 6.79. The lowest BCUT2D eigenvalue weighted by Gasteiger charge is -2.07. The molecule has 0 radical (unpaired) electrons. The molecule has 2 N–H and O–H groups in total. The van der Waals surface area contributed by atoms with E-state index >= 15 is 0 Å². The second-order valence-corrected chi connectivity index (χ2v) is 7.63. The summed E-state index contributed by atoms with van der Waals surface area (Å²) in [6.45, 7) is -0.262. The number of hydrogen-bond donors (Lipinski definition) is 2. The maximum atomic E-state index is 12.3. The molecule has 0 unspecified atom stereocenters. The number of halogens is 2. The van der Waals surface area contributed by atoms with Crippen molar-refractivity contribution in [3.63, 3.8) is 0 Å². The maximum absolute atomic E-state index is 12.3. The molecular formula is C24H19Cl2N3O5. The van der Waals surface area contributed by atoms with Gasteiger partial charge in [0, 0.05) is 10.6 Å². The number of hydrogen-bond acceptors (Lipinski definition) is 6. The van der Waals surface area contributed by atoms with Gasteiger partial charge in [0.1, 0.15) is 11.5 Å². The molecule has 0 heterocycles. The summed E-state index contributed by atoms with van der Waals surface area (Å²) in [4.78, 5) is 36.4. The Labute approximate surface area is 205 Å². The Kier molecular flexibility index (Phi) is 8.61. The highest BCUT2D eigenvalue weighted by atomic mass is 35.5. The predicted molar refractivity (Wildman–Crippen MR) is 129 cm³/mol. The van der Waals surface area contributed by atoms with Crippen molar-refractivity contribution in [1.82, 2.24) is 10.7 Å². The number of ether oxygens (including phenoxy) is 2. The highest BCUT2D eigenvalue weighted by molar-refractivity contribution is 6.36. The maximum Gasteiger partial charge on any atom is 0.345 e. The fourth-order valence-corrected chi connectivity index (χ4v) is 3.18. The van der Waals surface area contributed by atoms with Gasteiger partial charge in [0.05, 0.1) is 30.5 Å². The van der Waals surface area contributed by atoms with Crippen molar-refractivity contribution >= 4 is 47.2 Å². The van der Waals surface area contributed by atoms with E-state index in [1.165, 1.54) is 31.5 Å². The van der Waals surface area contributed by atoms with E-state index in [1.54, 1.807) is 48.5 Å². The van der Waals surface area contributed by atoms with Crippen LogP contribution in [0.15, 0.2) is 71.8 Å². The van der Waals surface area contributed by atoms with Gasteiger partial charge in [0.2, 0.25) is 0 Å². The highest BCUT2D eigenvalue weighted by Crippen LogP contribution is 2.23. The fraction of sp³-hybridized carbons (Fsp3) is 0.0833. The number of amides is 2. The minimum Gasteiger partial charge on any atom is -0.497 e. The Morgan fingerprint density at radius 3 is 2.44 bits per heavy atom. The number of methoxy groups -OCH3 is 1. The number of hydrazone groups is 1. The van der Waals surface area contributed by atoms with Crippen molar-refractivity contribution in [3.05, 3.63) is 93.5 Å². The van der Waals surface area contributed by atoms with Crippen molar-refractivity contribution in [2.24, 2.45) is 5.10 Å². The van der Waals surface area contributed by atoms with Crippen LogP contribution in [0.2, 0.25) is 10.0 Å². The summed E-state index contributed by atoms with van der Waals surface area (Å²) < 4.78 is 10.4. The standard InChI is InChI=1S/C24H19Cl2N3O5/c1-33-18-8-5-16(6-9-18)23(31)27-14-22(30)29-28-13-15-3-2-4-19(11-15)34-24(32)20-10-7-17(25)12-21(20)26/h2-13H,14H2,1H3,(H,27,31)(H,29,30)/b28-13+. The van der Waals surface area contributed by atoms with Gasteiger partial charge in [-0.15, -0.1) is 0 Å². The number of carbonyl (C=O) groups excluding carboxylic acids is 3. The van der Waals surface area contributed by atoms with Gasteiger partial charge in [-0.1, -0.05) is 35.3 Å². The van der Waals surface area contributed by atoms with Crippen molar-refractivity contribution in [2.75, 3.05) is 13.7 Å². The summed E-state index contributed by atoms with van der Waals surface area (Å²) in [5.74, 6) is -0.680. The second kappa shape index (κ2) is 11.8. The Hall–Kier alpha value is -3.88. The average molecular weight is 500 g/mol. The summed E-state index contributed by atoms with van der Waals surface area (Å²) >= 11 is 11.9. The smallest absolute Gasteiger partial charge is 0.345 e. The summed E-state index contributed by atoms with van der Waals surface area (Å²) in [6, 6.07) is 17.4. The van der Waals surface area contributed by atoms with Crippen molar-refractivity contribution in [3.8, 4) is 11.5 Å². The first-order valence-electron chi connectivity index (χ1n) is 9.87. The lowest BCUT2D eigenvalue weighted by atomic mass is 10.2. The zero-order valence-corrected chi connectivity index (χ0v) is 19.4. The minimum atomic E-state index is -0.642. The van der Waals surface area contributed by atoms with E-state index in [0.29, 0.717) is 21.9 Å². The molecule has 8 nitrogen and oxygen atoms in total. The molecule has 174 valence electrons. The summed E-state index contributed by atoms with van der Waals surface area (Å²) in [6.07, 6.45) is 1.37. The Balaban J connectivity index is 1.50. The van der Waals surface area contributed by atoms with E-state index in [0.717, 1.165) is 0 Å². The number of benzene rings is 3. The van der Waals surface area contributed by atoms with Gasteiger partial charge >= 0.3 is 5.97 Å². The molecule has 0 bridgehead atoms. The molecular weight excluding hydrogens is 481 g/mol. The van der Waals surface area contributed by atoms with Crippen molar-refractivity contribution < 1.29 is 23.9 Å². The molecule has 34 heavy (non-hydrogen) atoms. The first kappa shape index (κ1) is 24.8.